The van der Waals surface area contributed by atoms with Crippen molar-refractivity contribution in [2.75, 3.05) is 5.32 Å². The first-order valence-electron chi connectivity index (χ1n) is 9.60. The Bertz CT molecular complexity index is 1690. The van der Waals surface area contributed by atoms with Crippen molar-refractivity contribution in [2.45, 2.75) is 11.8 Å². The lowest BCUT2D eigenvalue weighted by atomic mass is 10.2. The average Bonchev–Trinajstić information content (AvgIpc) is 2.75. The first-order chi connectivity index (χ1) is 16.0. The molecule has 3 aromatic carbocycles. The SMILES string of the molecule is CC(=O)Nc1ccc(O)c(-n2c(=O)n(S(=O)(=O)c3ccc(Cl)cc3)c(=O)c3ccc(Cl)cc32)c1. The number of aromatic nitrogens is 2. The number of amides is 1. The fourth-order valence-corrected chi connectivity index (χ4v) is 4.99. The van der Waals surface area contributed by atoms with Gasteiger partial charge in [0.25, 0.3) is 15.6 Å². The molecule has 0 saturated heterocycles. The van der Waals surface area contributed by atoms with Gasteiger partial charge in [-0.25, -0.2) is 13.2 Å². The second kappa shape index (κ2) is 8.64. The molecule has 1 heterocycles. The lowest BCUT2D eigenvalue weighted by molar-refractivity contribution is -0.114. The highest BCUT2D eigenvalue weighted by Crippen LogP contribution is 2.28. The second-order valence-corrected chi connectivity index (χ2v) is 9.85. The van der Waals surface area contributed by atoms with Crippen molar-refractivity contribution < 1.29 is 18.3 Å². The minimum atomic E-state index is -4.66. The first-order valence-corrected chi connectivity index (χ1v) is 11.8. The Balaban J connectivity index is 2.15. The molecule has 0 aliphatic carbocycles. The third kappa shape index (κ3) is 4.07. The standard InChI is InChI=1S/C22H15Cl2N3O6S/c1-12(28)25-15-5-9-20(29)19(11-15)26-18-10-14(24)4-8-17(18)21(30)27(22(26)31)34(32,33)16-6-2-13(23)3-7-16/h2-11,29H,1H3,(H,25,28). The molecule has 0 atom stereocenters. The predicted octanol–water partition coefficient (Wildman–Crippen LogP) is 3.36. The number of phenolic OH excluding ortho intramolecular Hbond substituents is 1. The molecule has 34 heavy (non-hydrogen) atoms. The molecule has 4 aromatic rings. The number of fused-ring (bicyclic) bond motifs is 1. The van der Waals surface area contributed by atoms with Crippen LogP contribution in [0.15, 0.2) is 75.1 Å². The molecule has 4 rings (SSSR count). The maximum absolute atomic E-state index is 13.6. The summed E-state index contributed by atoms with van der Waals surface area (Å²) in [5, 5.41) is 13.3. The maximum atomic E-state index is 13.6. The molecule has 0 fully saturated rings. The fourth-order valence-electron chi connectivity index (χ4n) is 3.40. The van der Waals surface area contributed by atoms with Gasteiger partial charge in [0.15, 0.2) is 0 Å². The summed E-state index contributed by atoms with van der Waals surface area (Å²) in [5.74, 6) is -0.821. The molecule has 0 aliphatic rings. The Morgan fingerprint density at radius 3 is 2.24 bits per heavy atom. The van der Waals surface area contributed by atoms with Gasteiger partial charge >= 0.3 is 5.69 Å². The van der Waals surface area contributed by atoms with Crippen molar-refractivity contribution in [2.24, 2.45) is 0 Å². The van der Waals surface area contributed by atoms with Gasteiger partial charge in [-0.1, -0.05) is 23.2 Å². The molecule has 0 saturated carbocycles. The van der Waals surface area contributed by atoms with Gasteiger partial charge in [-0.15, -0.1) is 3.97 Å². The highest BCUT2D eigenvalue weighted by molar-refractivity contribution is 7.90. The Kier molecular flexibility index (Phi) is 5.98. The maximum Gasteiger partial charge on any atom is 0.350 e. The summed E-state index contributed by atoms with van der Waals surface area (Å²) in [6.45, 7) is 1.27. The zero-order valence-corrected chi connectivity index (χ0v) is 19.6. The number of carbonyl (C=O) groups is 1. The minimum absolute atomic E-state index is 0.0414. The van der Waals surface area contributed by atoms with Gasteiger partial charge in [0, 0.05) is 22.7 Å². The van der Waals surface area contributed by atoms with E-state index in [9.17, 15) is 27.9 Å². The van der Waals surface area contributed by atoms with Crippen LogP contribution in [-0.4, -0.2) is 28.0 Å². The molecule has 12 heteroatoms. The first kappa shape index (κ1) is 23.6. The van der Waals surface area contributed by atoms with Crippen LogP contribution in [0.5, 0.6) is 5.75 Å². The molecule has 0 radical (unpaired) electrons. The predicted molar refractivity (Wildman–Crippen MR) is 129 cm³/mol. The van der Waals surface area contributed by atoms with E-state index in [0.29, 0.717) is 0 Å². The number of anilines is 1. The van der Waals surface area contributed by atoms with Crippen LogP contribution in [-0.2, 0) is 14.8 Å². The van der Waals surface area contributed by atoms with E-state index in [0.717, 1.165) is 16.7 Å². The van der Waals surface area contributed by atoms with E-state index in [-0.39, 0.29) is 41.2 Å². The van der Waals surface area contributed by atoms with Gasteiger partial charge in [0.1, 0.15) is 5.75 Å². The van der Waals surface area contributed by atoms with Gasteiger partial charge in [-0.3, -0.25) is 14.2 Å². The molecule has 1 aromatic heterocycles. The summed E-state index contributed by atoms with van der Waals surface area (Å²) in [7, 11) is -4.66. The van der Waals surface area contributed by atoms with Crippen LogP contribution < -0.4 is 16.6 Å². The summed E-state index contributed by atoms with van der Waals surface area (Å²) in [4.78, 5) is 37.9. The molecule has 2 N–H and O–H groups in total. The van der Waals surface area contributed by atoms with Crippen molar-refractivity contribution >= 4 is 55.7 Å². The molecule has 9 nitrogen and oxygen atoms in total. The van der Waals surface area contributed by atoms with Gasteiger partial charge in [0.2, 0.25) is 5.91 Å². The Morgan fingerprint density at radius 2 is 1.59 bits per heavy atom. The highest BCUT2D eigenvalue weighted by Gasteiger charge is 2.27. The number of phenols is 1. The van der Waals surface area contributed by atoms with Crippen LogP contribution in [0.3, 0.4) is 0 Å². The van der Waals surface area contributed by atoms with Crippen molar-refractivity contribution in [3.05, 3.63) is 91.5 Å². The number of benzene rings is 3. The number of nitrogens with one attached hydrogen (secondary N) is 1. The molecular formula is C22H15Cl2N3O6S. The summed E-state index contributed by atoms with van der Waals surface area (Å²) in [6, 6.07) is 12.7. The number of aromatic hydroxyl groups is 1. The van der Waals surface area contributed by atoms with Crippen molar-refractivity contribution in [1.82, 2.24) is 8.54 Å². The number of carbonyl (C=O) groups excluding carboxylic acids is 1. The molecule has 0 spiro atoms. The summed E-state index contributed by atoms with van der Waals surface area (Å²) in [5.41, 5.74) is -2.37. The third-order valence-electron chi connectivity index (χ3n) is 4.87. The minimum Gasteiger partial charge on any atom is -0.506 e. The normalized spacial score (nSPS) is 11.5. The van der Waals surface area contributed by atoms with Crippen molar-refractivity contribution in [3.63, 3.8) is 0 Å². The van der Waals surface area contributed by atoms with Crippen LogP contribution in [0.2, 0.25) is 10.0 Å². The topological polar surface area (TPSA) is 127 Å². The molecular weight excluding hydrogens is 505 g/mol. The van der Waals surface area contributed by atoms with E-state index < -0.39 is 32.9 Å². The number of hydrogen-bond donors (Lipinski definition) is 2. The zero-order chi connectivity index (χ0) is 24.8. The van der Waals surface area contributed by atoms with E-state index in [2.05, 4.69) is 5.32 Å². The van der Waals surface area contributed by atoms with E-state index in [1.165, 1.54) is 55.5 Å². The number of rotatable bonds is 4. The quantitative estimate of drug-likeness (QED) is 0.398. The average molecular weight is 520 g/mol. The fraction of sp³-hybridized carbons (Fsp3) is 0.0455. The number of hydrogen-bond acceptors (Lipinski definition) is 6. The zero-order valence-electron chi connectivity index (χ0n) is 17.3. The third-order valence-corrected chi connectivity index (χ3v) is 7.03. The van der Waals surface area contributed by atoms with Crippen LogP contribution in [0.1, 0.15) is 6.92 Å². The second-order valence-electron chi connectivity index (χ2n) is 7.19. The van der Waals surface area contributed by atoms with Crippen LogP contribution >= 0.6 is 23.2 Å². The van der Waals surface area contributed by atoms with E-state index in [1.807, 2.05) is 0 Å². The molecule has 0 unspecified atom stereocenters. The highest BCUT2D eigenvalue weighted by atomic mass is 35.5. The van der Waals surface area contributed by atoms with Gasteiger partial charge in [0.05, 0.1) is 21.5 Å². The smallest absolute Gasteiger partial charge is 0.350 e. The number of halogens is 2. The molecule has 0 bridgehead atoms. The largest absolute Gasteiger partial charge is 0.506 e. The lowest BCUT2D eigenvalue weighted by Crippen LogP contribution is -2.43. The molecule has 0 aliphatic heterocycles. The molecule has 1 amide bonds. The Morgan fingerprint density at radius 1 is 0.941 bits per heavy atom. The van der Waals surface area contributed by atoms with Crippen LogP contribution in [0.4, 0.5) is 5.69 Å². The van der Waals surface area contributed by atoms with Gasteiger partial charge in [-0.05, 0) is 60.7 Å². The summed E-state index contributed by atoms with van der Waals surface area (Å²) < 4.78 is 27.6. The van der Waals surface area contributed by atoms with E-state index in [4.69, 9.17) is 23.2 Å². The van der Waals surface area contributed by atoms with E-state index >= 15 is 0 Å². The van der Waals surface area contributed by atoms with Crippen LogP contribution in [0, 0.1) is 0 Å². The summed E-state index contributed by atoms with van der Waals surface area (Å²) >= 11 is 11.9. The van der Waals surface area contributed by atoms with Crippen LogP contribution in [0.25, 0.3) is 16.6 Å². The number of nitrogens with zero attached hydrogens (tertiary/aromatic N) is 2. The molecule has 174 valence electrons. The lowest BCUT2D eigenvalue weighted by Gasteiger charge is -2.16. The summed E-state index contributed by atoms with van der Waals surface area (Å²) in [6.07, 6.45) is 0. The Hall–Kier alpha value is -3.60. The monoisotopic (exact) mass is 519 g/mol. The van der Waals surface area contributed by atoms with Gasteiger partial charge < -0.3 is 10.4 Å². The van der Waals surface area contributed by atoms with E-state index in [1.54, 1.807) is 0 Å². The van der Waals surface area contributed by atoms with Crippen molar-refractivity contribution in [1.29, 1.82) is 0 Å². The van der Waals surface area contributed by atoms with Crippen molar-refractivity contribution in [3.8, 4) is 11.4 Å². The van der Waals surface area contributed by atoms with Gasteiger partial charge in [-0.2, -0.15) is 0 Å². The Labute approximate surface area is 202 Å².